The lowest BCUT2D eigenvalue weighted by molar-refractivity contribution is -0.121. The van der Waals surface area contributed by atoms with Crippen molar-refractivity contribution in [1.82, 2.24) is 10.3 Å². The van der Waals surface area contributed by atoms with Gasteiger partial charge in [0.05, 0.1) is 24.0 Å². The van der Waals surface area contributed by atoms with Crippen molar-refractivity contribution in [2.45, 2.75) is 25.3 Å². The van der Waals surface area contributed by atoms with Crippen LogP contribution < -0.4 is 5.32 Å². The summed E-state index contributed by atoms with van der Waals surface area (Å²) in [4.78, 5) is 16.2. The normalized spacial score (nSPS) is 12.2. The van der Waals surface area contributed by atoms with Crippen molar-refractivity contribution in [2.24, 2.45) is 0 Å². The van der Waals surface area contributed by atoms with Crippen molar-refractivity contribution in [2.75, 3.05) is 0 Å². The standard InChI is InChI=1S/C14H14Cl2N2OS/c1-9(10-3-2-4-11(16)5-10)17-13(19)6-14-18-12(7-15)8-20-14/h2-5,8-9H,6-7H2,1H3,(H,17,19). The molecule has 0 spiro atoms. The number of carbonyl (C=O) groups is 1. The Morgan fingerprint density at radius 2 is 2.30 bits per heavy atom. The Hall–Kier alpha value is -1.10. The number of halogens is 2. The number of carbonyl (C=O) groups excluding carboxylic acids is 1. The SMILES string of the molecule is CC(NC(=O)Cc1nc(CCl)cs1)c1cccc(Cl)c1. The number of hydrogen-bond acceptors (Lipinski definition) is 3. The molecule has 106 valence electrons. The van der Waals surface area contributed by atoms with Crippen LogP contribution in [0.5, 0.6) is 0 Å². The third-order valence-corrected chi connectivity index (χ3v) is 4.18. The number of alkyl halides is 1. The van der Waals surface area contributed by atoms with Crippen LogP contribution in [0.25, 0.3) is 0 Å². The zero-order valence-electron chi connectivity index (χ0n) is 10.9. The largest absolute Gasteiger partial charge is 0.349 e. The Morgan fingerprint density at radius 1 is 1.50 bits per heavy atom. The monoisotopic (exact) mass is 328 g/mol. The first-order valence-electron chi connectivity index (χ1n) is 6.12. The van der Waals surface area contributed by atoms with Gasteiger partial charge in [-0.15, -0.1) is 22.9 Å². The summed E-state index contributed by atoms with van der Waals surface area (Å²) in [6.45, 7) is 1.93. The van der Waals surface area contributed by atoms with Gasteiger partial charge < -0.3 is 5.32 Å². The van der Waals surface area contributed by atoms with Crippen molar-refractivity contribution in [3.63, 3.8) is 0 Å². The number of amides is 1. The molecule has 2 rings (SSSR count). The van der Waals surface area contributed by atoms with E-state index in [1.165, 1.54) is 11.3 Å². The second kappa shape index (κ2) is 7.07. The maximum absolute atomic E-state index is 12.0. The maximum Gasteiger partial charge on any atom is 0.227 e. The number of aromatic nitrogens is 1. The van der Waals surface area contributed by atoms with Gasteiger partial charge in [-0.25, -0.2) is 4.98 Å². The van der Waals surface area contributed by atoms with E-state index in [0.717, 1.165) is 16.3 Å². The van der Waals surface area contributed by atoms with Gasteiger partial charge in [-0.2, -0.15) is 0 Å². The Morgan fingerprint density at radius 3 is 2.95 bits per heavy atom. The molecule has 1 aromatic heterocycles. The second-order valence-electron chi connectivity index (χ2n) is 4.39. The smallest absolute Gasteiger partial charge is 0.227 e. The molecule has 1 atom stereocenters. The van der Waals surface area contributed by atoms with Gasteiger partial charge in [0.15, 0.2) is 0 Å². The molecule has 1 N–H and O–H groups in total. The van der Waals surface area contributed by atoms with Crippen LogP contribution in [0.2, 0.25) is 5.02 Å². The highest BCUT2D eigenvalue weighted by Gasteiger charge is 2.12. The van der Waals surface area contributed by atoms with Crippen molar-refractivity contribution >= 4 is 40.4 Å². The molecule has 0 saturated heterocycles. The van der Waals surface area contributed by atoms with Gasteiger partial charge in [-0.05, 0) is 24.6 Å². The molecule has 1 heterocycles. The fraction of sp³-hybridized carbons (Fsp3) is 0.286. The first-order valence-corrected chi connectivity index (χ1v) is 7.91. The summed E-state index contributed by atoms with van der Waals surface area (Å²) in [7, 11) is 0. The van der Waals surface area contributed by atoms with E-state index in [2.05, 4.69) is 10.3 Å². The van der Waals surface area contributed by atoms with Gasteiger partial charge in [-0.3, -0.25) is 4.79 Å². The topological polar surface area (TPSA) is 42.0 Å². The van der Waals surface area contributed by atoms with Crippen LogP contribution in [-0.2, 0) is 17.1 Å². The molecular formula is C14H14Cl2N2OS. The molecule has 0 aliphatic heterocycles. The Bertz CT molecular complexity index is 600. The summed E-state index contributed by atoms with van der Waals surface area (Å²) < 4.78 is 0. The zero-order valence-corrected chi connectivity index (χ0v) is 13.2. The minimum Gasteiger partial charge on any atom is -0.349 e. The number of benzene rings is 1. The lowest BCUT2D eigenvalue weighted by Crippen LogP contribution is -2.28. The van der Waals surface area contributed by atoms with E-state index < -0.39 is 0 Å². The molecule has 2 aromatic rings. The van der Waals surface area contributed by atoms with Crippen LogP contribution in [0.1, 0.15) is 29.2 Å². The molecule has 0 aliphatic carbocycles. The molecule has 3 nitrogen and oxygen atoms in total. The number of rotatable bonds is 5. The Balaban J connectivity index is 1.94. The number of thiazole rings is 1. The predicted molar refractivity (Wildman–Crippen MR) is 83.4 cm³/mol. The van der Waals surface area contributed by atoms with Gasteiger partial charge >= 0.3 is 0 Å². The molecule has 20 heavy (non-hydrogen) atoms. The van der Waals surface area contributed by atoms with E-state index in [-0.39, 0.29) is 18.4 Å². The summed E-state index contributed by atoms with van der Waals surface area (Å²) >= 11 is 13.1. The van der Waals surface area contributed by atoms with Crippen molar-refractivity contribution in [3.8, 4) is 0 Å². The molecule has 1 unspecified atom stereocenters. The quantitative estimate of drug-likeness (QED) is 0.844. The molecule has 1 aromatic carbocycles. The highest BCUT2D eigenvalue weighted by atomic mass is 35.5. The number of nitrogens with one attached hydrogen (secondary N) is 1. The maximum atomic E-state index is 12.0. The van der Waals surface area contributed by atoms with Crippen LogP contribution in [0.3, 0.4) is 0 Å². The Labute approximate surface area is 131 Å². The van der Waals surface area contributed by atoms with Crippen LogP contribution in [0.4, 0.5) is 0 Å². The van der Waals surface area contributed by atoms with Crippen molar-refractivity contribution in [3.05, 3.63) is 50.9 Å². The van der Waals surface area contributed by atoms with Crippen molar-refractivity contribution in [1.29, 1.82) is 0 Å². The summed E-state index contributed by atoms with van der Waals surface area (Å²) in [6.07, 6.45) is 0.270. The van der Waals surface area contributed by atoms with Gasteiger partial charge in [0.25, 0.3) is 0 Å². The van der Waals surface area contributed by atoms with Gasteiger partial charge in [0.2, 0.25) is 5.91 Å². The van der Waals surface area contributed by atoms with Gasteiger partial charge in [-0.1, -0.05) is 23.7 Å². The fourth-order valence-corrected chi connectivity index (χ4v) is 3.00. The lowest BCUT2D eigenvalue weighted by Gasteiger charge is -2.14. The third kappa shape index (κ3) is 4.20. The van der Waals surface area contributed by atoms with Crippen LogP contribution in [-0.4, -0.2) is 10.9 Å². The molecule has 0 saturated carbocycles. The first kappa shape index (κ1) is 15.3. The van der Waals surface area contributed by atoms with Crippen molar-refractivity contribution < 1.29 is 4.79 Å². The van der Waals surface area contributed by atoms with Crippen LogP contribution >= 0.6 is 34.5 Å². The van der Waals surface area contributed by atoms with E-state index in [4.69, 9.17) is 23.2 Å². The highest BCUT2D eigenvalue weighted by molar-refractivity contribution is 7.09. The van der Waals surface area contributed by atoms with E-state index in [1.807, 2.05) is 36.6 Å². The summed E-state index contributed by atoms with van der Waals surface area (Å²) in [6, 6.07) is 7.37. The molecule has 0 aliphatic rings. The Kier molecular flexibility index (Phi) is 5.40. The molecule has 0 fully saturated rings. The summed E-state index contributed by atoms with van der Waals surface area (Å²) in [5, 5.41) is 6.24. The van der Waals surface area contributed by atoms with Gasteiger partial charge in [0, 0.05) is 10.4 Å². The molecule has 1 amide bonds. The van der Waals surface area contributed by atoms with Gasteiger partial charge in [0.1, 0.15) is 5.01 Å². The number of hydrogen-bond donors (Lipinski definition) is 1. The van der Waals surface area contributed by atoms with Crippen LogP contribution in [0, 0.1) is 0 Å². The lowest BCUT2D eigenvalue weighted by atomic mass is 10.1. The first-order chi connectivity index (χ1) is 9.58. The fourth-order valence-electron chi connectivity index (χ4n) is 1.78. The minimum absolute atomic E-state index is 0.0621. The van der Waals surface area contributed by atoms with E-state index in [0.29, 0.717) is 10.9 Å². The minimum atomic E-state index is -0.0892. The predicted octanol–water partition coefficient (Wildman–Crippen LogP) is 3.96. The average Bonchev–Trinajstić information content (AvgIpc) is 2.86. The van der Waals surface area contributed by atoms with E-state index in [9.17, 15) is 4.79 Å². The summed E-state index contributed by atoms with van der Waals surface area (Å²) in [5.74, 6) is 0.310. The van der Waals surface area contributed by atoms with Crippen LogP contribution in [0.15, 0.2) is 29.6 Å². The van der Waals surface area contributed by atoms with E-state index in [1.54, 1.807) is 0 Å². The molecule has 6 heteroatoms. The molecular weight excluding hydrogens is 315 g/mol. The number of nitrogens with zero attached hydrogens (tertiary/aromatic N) is 1. The highest BCUT2D eigenvalue weighted by Crippen LogP contribution is 2.18. The second-order valence-corrected chi connectivity index (χ2v) is 6.03. The summed E-state index contributed by atoms with van der Waals surface area (Å²) in [5.41, 5.74) is 1.79. The zero-order chi connectivity index (χ0) is 14.5. The third-order valence-electron chi connectivity index (χ3n) is 2.77. The molecule has 0 bridgehead atoms. The molecule has 0 radical (unpaired) electrons. The average molecular weight is 329 g/mol. The van der Waals surface area contributed by atoms with E-state index >= 15 is 0 Å².